The highest BCUT2D eigenvalue weighted by Gasteiger charge is 2.28. The molecule has 2 rings (SSSR count). The summed E-state index contributed by atoms with van der Waals surface area (Å²) in [5, 5.41) is 0. The predicted molar refractivity (Wildman–Crippen MR) is 67.4 cm³/mol. The zero-order chi connectivity index (χ0) is 13.0. The maximum absolute atomic E-state index is 11.8. The largest absolute Gasteiger partial charge is 0.464 e. The van der Waals surface area contributed by atoms with E-state index < -0.39 is 5.97 Å². The van der Waals surface area contributed by atoms with Crippen molar-refractivity contribution in [2.75, 3.05) is 13.7 Å². The van der Waals surface area contributed by atoms with Crippen molar-refractivity contribution >= 4 is 18.0 Å². The van der Waals surface area contributed by atoms with Crippen LogP contribution in [0.4, 0.5) is 0 Å². The van der Waals surface area contributed by atoms with Gasteiger partial charge in [-0.25, -0.2) is 4.79 Å². The number of likely N-dealkylation sites (tertiary alicyclic amines) is 1. The van der Waals surface area contributed by atoms with Gasteiger partial charge in [-0.3, -0.25) is 4.79 Å². The minimum Gasteiger partial charge on any atom is -0.464 e. The van der Waals surface area contributed by atoms with Crippen LogP contribution in [0.1, 0.15) is 18.4 Å². The number of methoxy groups -OCH3 is 1. The Balaban J connectivity index is 2.34. The fourth-order valence-electron chi connectivity index (χ4n) is 1.96. The predicted octanol–water partition coefficient (Wildman–Crippen LogP) is 1.82. The second-order valence-corrected chi connectivity index (χ2v) is 4.08. The Kier molecular flexibility index (Phi) is 3.77. The molecule has 1 saturated heterocycles. The number of hydrogen-bond donors (Lipinski definition) is 0. The third kappa shape index (κ3) is 2.59. The lowest BCUT2D eigenvalue weighted by atomic mass is 10.2. The first kappa shape index (κ1) is 12.4. The van der Waals surface area contributed by atoms with Gasteiger partial charge in [0.1, 0.15) is 5.70 Å². The van der Waals surface area contributed by atoms with Crippen molar-refractivity contribution in [3.8, 4) is 0 Å². The Labute approximate surface area is 106 Å². The molecule has 0 saturated carbocycles. The van der Waals surface area contributed by atoms with Crippen LogP contribution in [0.5, 0.6) is 0 Å². The van der Waals surface area contributed by atoms with Crippen LogP contribution in [-0.4, -0.2) is 30.4 Å². The van der Waals surface area contributed by atoms with E-state index in [2.05, 4.69) is 0 Å². The number of carbonyl (C=O) groups excluding carboxylic acids is 2. The Morgan fingerprint density at radius 3 is 2.61 bits per heavy atom. The molecule has 0 spiro atoms. The number of rotatable bonds is 3. The number of nitrogens with zero attached hydrogens (tertiary/aromatic N) is 1. The molecule has 1 fully saturated rings. The molecule has 1 heterocycles. The van der Waals surface area contributed by atoms with E-state index in [0.29, 0.717) is 18.7 Å². The lowest BCUT2D eigenvalue weighted by Crippen LogP contribution is -2.29. The van der Waals surface area contributed by atoms with Crippen molar-refractivity contribution in [3.05, 3.63) is 41.6 Å². The maximum Gasteiger partial charge on any atom is 0.354 e. The highest BCUT2D eigenvalue weighted by Crippen LogP contribution is 2.19. The SMILES string of the molecule is COC(=O)C(=Cc1ccccc1)N1CCCC1=O. The van der Waals surface area contributed by atoms with Gasteiger partial charge in [-0.2, -0.15) is 0 Å². The molecule has 0 bridgehead atoms. The van der Waals surface area contributed by atoms with Crippen LogP contribution in [0.25, 0.3) is 6.08 Å². The summed E-state index contributed by atoms with van der Waals surface area (Å²) in [5.74, 6) is -0.503. The molecular formula is C14H15NO3. The topological polar surface area (TPSA) is 46.6 Å². The van der Waals surface area contributed by atoms with Gasteiger partial charge in [0.2, 0.25) is 5.91 Å². The van der Waals surface area contributed by atoms with Crippen molar-refractivity contribution in [1.82, 2.24) is 4.90 Å². The van der Waals surface area contributed by atoms with Crippen molar-refractivity contribution in [2.24, 2.45) is 0 Å². The number of benzene rings is 1. The minimum absolute atomic E-state index is 0.0254. The van der Waals surface area contributed by atoms with Crippen LogP contribution < -0.4 is 0 Å². The Morgan fingerprint density at radius 2 is 2.06 bits per heavy atom. The smallest absolute Gasteiger partial charge is 0.354 e. The van der Waals surface area contributed by atoms with E-state index in [1.54, 1.807) is 6.08 Å². The summed E-state index contributed by atoms with van der Waals surface area (Å²) in [6.45, 7) is 0.576. The van der Waals surface area contributed by atoms with Crippen molar-refractivity contribution in [1.29, 1.82) is 0 Å². The molecule has 0 aromatic heterocycles. The average Bonchev–Trinajstić information content (AvgIpc) is 2.82. The summed E-state index contributed by atoms with van der Waals surface area (Å²) in [6, 6.07) is 9.42. The standard InChI is InChI=1S/C14H15NO3/c1-18-14(17)12(15-9-5-8-13(15)16)10-11-6-3-2-4-7-11/h2-4,6-7,10H,5,8-9H2,1H3. The summed E-state index contributed by atoms with van der Waals surface area (Å²) >= 11 is 0. The van der Waals surface area contributed by atoms with Crippen LogP contribution in [0.2, 0.25) is 0 Å². The Bertz CT molecular complexity index is 479. The van der Waals surface area contributed by atoms with E-state index in [-0.39, 0.29) is 5.91 Å². The molecule has 4 nitrogen and oxygen atoms in total. The van der Waals surface area contributed by atoms with Gasteiger partial charge in [0, 0.05) is 13.0 Å². The van der Waals surface area contributed by atoms with Crippen molar-refractivity contribution < 1.29 is 14.3 Å². The summed E-state index contributed by atoms with van der Waals surface area (Å²) in [4.78, 5) is 25.0. The lowest BCUT2D eigenvalue weighted by molar-refractivity contribution is -0.140. The van der Waals surface area contributed by atoms with Crippen LogP contribution in [0.3, 0.4) is 0 Å². The van der Waals surface area contributed by atoms with Crippen LogP contribution in [0, 0.1) is 0 Å². The number of ether oxygens (including phenoxy) is 1. The first-order valence-electron chi connectivity index (χ1n) is 5.88. The van der Waals surface area contributed by atoms with Crippen molar-refractivity contribution in [2.45, 2.75) is 12.8 Å². The van der Waals surface area contributed by atoms with Crippen LogP contribution in [-0.2, 0) is 14.3 Å². The molecule has 1 amide bonds. The molecule has 1 aliphatic heterocycles. The molecular weight excluding hydrogens is 230 g/mol. The number of esters is 1. The fraction of sp³-hybridized carbons (Fsp3) is 0.286. The van der Waals surface area contributed by atoms with E-state index in [0.717, 1.165) is 12.0 Å². The molecule has 1 aromatic rings. The van der Waals surface area contributed by atoms with E-state index >= 15 is 0 Å². The average molecular weight is 245 g/mol. The molecule has 1 aromatic carbocycles. The highest BCUT2D eigenvalue weighted by molar-refractivity contribution is 5.98. The molecule has 94 valence electrons. The zero-order valence-electron chi connectivity index (χ0n) is 10.3. The third-order valence-electron chi connectivity index (χ3n) is 2.86. The van der Waals surface area contributed by atoms with Gasteiger partial charge in [0.05, 0.1) is 7.11 Å². The van der Waals surface area contributed by atoms with Gasteiger partial charge in [-0.05, 0) is 18.1 Å². The fourth-order valence-corrected chi connectivity index (χ4v) is 1.96. The Hall–Kier alpha value is -2.10. The van der Waals surface area contributed by atoms with Gasteiger partial charge in [0.25, 0.3) is 0 Å². The second-order valence-electron chi connectivity index (χ2n) is 4.08. The van der Waals surface area contributed by atoms with E-state index in [1.807, 2.05) is 30.3 Å². The maximum atomic E-state index is 11.8. The normalized spacial score (nSPS) is 15.9. The lowest BCUT2D eigenvalue weighted by Gasteiger charge is -2.17. The molecule has 18 heavy (non-hydrogen) atoms. The summed E-state index contributed by atoms with van der Waals surface area (Å²) in [5.41, 5.74) is 1.18. The van der Waals surface area contributed by atoms with Crippen LogP contribution >= 0.6 is 0 Å². The summed E-state index contributed by atoms with van der Waals surface area (Å²) < 4.78 is 4.74. The van der Waals surface area contributed by atoms with Gasteiger partial charge in [-0.1, -0.05) is 30.3 Å². The summed E-state index contributed by atoms with van der Waals surface area (Å²) in [7, 11) is 1.32. The Morgan fingerprint density at radius 1 is 1.33 bits per heavy atom. The molecule has 4 heteroatoms. The number of hydrogen-bond acceptors (Lipinski definition) is 3. The van der Waals surface area contributed by atoms with Gasteiger partial charge in [-0.15, -0.1) is 0 Å². The molecule has 0 aliphatic carbocycles. The van der Waals surface area contributed by atoms with Crippen molar-refractivity contribution in [3.63, 3.8) is 0 Å². The van der Waals surface area contributed by atoms with E-state index in [4.69, 9.17) is 4.74 Å². The van der Waals surface area contributed by atoms with Crippen LogP contribution in [0.15, 0.2) is 36.0 Å². The highest BCUT2D eigenvalue weighted by atomic mass is 16.5. The minimum atomic E-state index is -0.478. The second kappa shape index (κ2) is 5.49. The molecule has 1 aliphatic rings. The van der Waals surface area contributed by atoms with E-state index in [1.165, 1.54) is 12.0 Å². The molecule has 0 unspecified atom stereocenters. The quantitative estimate of drug-likeness (QED) is 0.603. The first-order chi connectivity index (χ1) is 8.72. The number of carbonyl (C=O) groups is 2. The van der Waals surface area contributed by atoms with Gasteiger partial charge < -0.3 is 9.64 Å². The monoisotopic (exact) mass is 245 g/mol. The van der Waals surface area contributed by atoms with E-state index in [9.17, 15) is 9.59 Å². The van der Waals surface area contributed by atoms with Gasteiger partial charge >= 0.3 is 5.97 Å². The molecule has 0 N–H and O–H groups in total. The third-order valence-corrected chi connectivity index (χ3v) is 2.86. The first-order valence-corrected chi connectivity index (χ1v) is 5.88. The summed E-state index contributed by atoms with van der Waals surface area (Å²) in [6.07, 6.45) is 2.96. The van der Waals surface area contributed by atoms with Gasteiger partial charge in [0.15, 0.2) is 0 Å². The molecule has 0 radical (unpaired) electrons. The molecule has 0 atom stereocenters. The zero-order valence-corrected chi connectivity index (χ0v) is 10.3. The number of amides is 1.